The van der Waals surface area contributed by atoms with Crippen molar-refractivity contribution in [2.75, 3.05) is 5.32 Å². The minimum atomic E-state index is 0.0194. The fourth-order valence-corrected chi connectivity index (χ4v) is 1.99. The predicted octanol–water partition coefficient (Wildman–Crippen LogP) is 2.74. The summed E-state index contributed by atoms with van der Waals surface area (Å²) >= 11 is 5.01. The molecule has 0 unspecified atom stereocenters. The van der Waals surface area contributed by atoms with Crippen LogP contribution in [0.1, 0.15) is 32.6 Å². The first-order valence-corrected chi connectivity index (χ1v) is 6.97. The van der Waals surface area contributed by atoms with Gasteiger partial charge < -0.3 is 5.32 Å². The van der Waals surface area contributed by atoms with E-state index in [1.165, 1.54) is 4.68 Å². The Balaban J connectivity index is 2.03. The standard InChI is InChI=1S/C13H16N5OS/c1-2-3-4-8-12(19)14-10-6-5-7-11(9-10)18-13(20)15-16-17-18/h5-7,9H,2-4,8H2,1H3,(H,14,19). The topological polar surface area (TPSA) is 72.7 Å². The van der Waals surface area contributed by atoms with Crippen LogP contribution in [0.4, 0.5) is 5.69 Å². The van der Waals surface area contributed by atoms with Crippen LogP contribution in [0.25, 0.3) is 5.69 Å². The third-order valence-corrected chi connectivity index (χ3v) is 3.08. The number of benzene rings is 1. The second-order valence-electron chi connectivity index (χ2n) is 4.43. The highest BCUT2D eigenvalue weighted by Gasteiger charge is 2.07. The van der Waals surface area contributed by atoms with Crippen molar-refractivity contribution in [2.24, 2.45) is 0 Å². The Morgan fingerprint density at radius 3 is 2.95 bits per heavy atom. The molecule has 20 heavy (non-hydrogen) atoms. The number of nitrogens with zero attached hydrogens (tertiary/aromatic N) is 4. The van der Waals surface area contributed by atoms with Crippen LogP contribution >= 0.6 is 12.6 Å². The number of rotatable bonds is 6. The van der Waals surface area contributed by atoms with Gasteiger partial charge in [-0.3, -0.25) is 4.79 Å². The van der Waals surface area contributed by atoms with Crippen LogP contribution in [-0.4, -0.2) is 26.1 Å². The lowest BCUT2D eigenvalue weighted by Crippen LogP contribution is -2.11. The van der Waals surface area contributed by atoms with Crippen LogP contribution in [0.15, 0.2) is 29.4 Å². The fraction of sp³-hybridized carbons (Fsp3) is 0.385. The molecular weight excluding hydrogens is 274 g/mol. The molecule has 0 spiro atoms. The molecule has 1 radical (unpaired) electrons. The summed E-state index contributed by atoms with van der Waals surface area (Å²) in [6.45, 7) is 2.11. The van der Waals surface area contributed by atoms with E-state index in [4.69, 9.17) is 12.6 Å². The third kappa shape index (κ3) is 3.74. The van der Waals surface area contributed by atoms with Gasteiger partial charge in [0.05, 0.1) is 5.69 Å². The van der Waals surface area contributed by atoms with E-state index in [0.717, 1.165) is 24.9 Å². The van der Waals surface area contributed by atoms with E-state index in [0.29, 0.717) is 12.1 Å². The highest BCUT2D eigenvalue weighted by molar-refractivity contribution is 7.80. The van der Waals surface area contributed by atoms with E-state index in [1.807, 2.05) is 18.2 Å². The third-order valence-electron chi connectivity index (χ3n) is 2.82. The average molecular weight is 290 g/mol. The Morgan fingerprint density at radius 2 is 2.25 bits per heavy atom. The minimum absolute atomic E-state index is 0.0194. The van der Waals surface area contributed by atoms with Gasteiger partial charge >= 0.3 is 0 Å². The summed E-state index contributed by atoms with van der Waals surface area (Å²) in [7, 11) is 0. The number of nitrogens with one attached hydrogen (secondary N) is 1. The van der Waals surface area contributed by atoms with Gasteiger partial charge in [0, 0.05) is 12.1 Å². The van der Waals surface area contributed by atoms with Crippen molar-refractivity contribution in [2.45, 2.75) is 37.8 Å². The monoisotopic (exact) mass is 290 g/mol. The average Bonchev–Trinajstić information content (AvgIpc) is 2.85. The number of anilines is 1. The number of hydrogen-bond acceptors (Lipinski definition) is 4. The van der Waals surface area contributed by atoms with Crippen LogP contribution in [-0.2, 0) is 4.79 Å². The first kappa shape index (κ1) is 14.4. The van der Waals surface area contributed by atoms with E-state index in [1.54, 1.807) is 6.07 Å². The van der Waals surface area contributed by atoms with Gasteiger partial charge in [-0.1, -0.05) is 30.9 Å². The Labute approximate surface area is 123 Å². The van der Waals surface area contributed by atoms with Crippen LogP contribution in [0, 0.1) is 0 Å². The molecular formula is C13H16N5OS. The van der Waals surface area contributed by atoms with Gasteiger partial charge in [0.1, 0.15) is 0 Å². The Hall–Kier alpha value is -2.02. The number of unbranched alkanes of at least 4 members (excludes halogenated alkanes) is 2. The first-order valence-electron chi connectivity index (χ1n) is 6.56. The molecule has 1 heterocycles. The van der Waals surface area contributed by atoms with Gasteiger partial charge in [-0.2, -0.15) is 4.68 Å². The first-order chi connectivity index (χ1) is 9.70. The summed E-state index contributed by atoms with van der Waals surface area (Å²) in [4.78, 5) is 11.8. The van der Waals surface area contributed by atoms with Crippen LogP contribution in [0.3, 0.4) is 0 Å². The molecule has 0 bridgehead atoms. The number of amides is 1. The highest BCUT2D eigenvalue weighted by Crippen LogP contribution is 2.16. The van der Waals surface area contributed by atoms with Crippen molar-refractivity contribution in [1.29, 1.82) is 0 Å². The number of tetrazole rings is 1. The Morgan fingerprint density at radius 1 is 1.40 bits per heavy atom. The summed E-state index contributed by atoms with van der Waals surface area (Å²) in [5, 5.41) is 14.1. The van der Waals surface area contributed by atoms with E-state index < -0.39 is 0 Å². The molecule has 105 valence electrons. The quantitative estimate of drug-likeness (QED) is 0.830. The largest absolute Gasteiger partial charge is 0.326 e. The van der Waals surface area contributed by atoms with Gasteiger partial charge in [0.15, 0.2) is 0 Å². The van der Waals surface area contributed by atoms with Gasteiger partial charge in [0.2, 0.25) is 11.1 Å². The van der Waals surface area contributed by atoms with E-state index >= 15 is 0 Å². The van der Waals surface area contributed by atoms with Crippen molar-refractivity contribution in [3.63, 3.8) is 0 Å². The van der Waals surface area contributed by atoms with Gasteiger partial charge in [-0.15, -0.1) is 0 Å². The molecule has 0 aliphatic rings. The minimum Gasteiger partial charge on any atom is -0.326 e. The summed E-state index contributed by atoms with van der Waals surface area (Å²) in [6.07, 6.45) is 3.61. The maximum absolute atomic E-state index is 11.8. The molecule has 0 saturated heterocycles. The van der Waals surface area contributed by atoms with Crippen molar-refractivity contribution < 1.29 is 4.79 Å². The zero-order valence-corrected chi connectivity index (χ0v) is 12.1. The number of carbonyl (C=O) groups is 1. The lowest BCUT2D eigenvalue weighted by molar-refractivity contribution is -0.116. The number of carbonyl (C=O) groups excluding carboxylic acids is 1. The van der Waals surface area contributed by atoms with Gasteiger partial charge in [-0.05, 0) is 47.7 Å². The molecule has 1 aromatic heterocycles. The zero-order chi connectivity index (χ0) is 14.4. The van der Waals surface area contributed by atoms with Crippen molar-refractivity contribution in [3.8, 4) is 5.69 Å². The maximum atomic E-state index is 11.8. The molecule has 0 atom stereocenters. The fourth-order valence-electron chi connectivity index (χ4n) is 1.82. The molecule has 7 heteroatoms. The molecule has 0 saturated carbocycles. The molecule has 0 fully saturated rings. The molecule has 1 aromatic carbocycles. The van der Waals surface area contributed by atoms with Crippen molar-refractivity contribution in [3.05, 3.63) is 24.3 Å². The second kappa shape index (κ2) is 6.95. The summed E-state index contributed by atoms with van der Waals surface area (Å²) < 4.78 is 1.45. The smallest absolute Gasteiger partial charge is 0.244 e. The Bertz CT molecular complexity index is 584. The predicted molar refractivity (Wildman–Crippen MR) is 77.8 cm³/mol. The van der Waals surface area contributed by atoms with Crippen LogP contribution in [0.5, 0.6) is 0 Å². The summed E-state index contributed by atoms with van der Waals surface area (Å²) in [5.41, 5.74) is 1.44. The normalized spacial score (nSPS) is 10.4. The zero-order valence-electron chi connectivity index (χ0n) is 11.2. The van der Waals surface area contributed by atoms with Crippen molar-refractivity contribution >= 4 is 24.2 Å². The Kier molecular flexibility index (Phi) is 5.00. The van der Waals surface area contributed by atoms with Gasteiger partial charge in [-0.25, -0.2) is 0 Å². The maximum Gasteiger partial charge on any atom is 0.244 e. The molecule has 1 N–H and O–H groups in total. The molecule has 0 aliphatic carbocycles. The van der Waals surface area contributed by atoms with Crippen molar-refractivity contribution in [1.82, 2.24) is 20.2 Å². The van der Waals surface area contributed by atoms with Gasteiger partial charge in [0.25, 0.3) is 0 Å². The summed E-state index contributed by atoms with van der Waals surface area (Å²) in [6, 6.07) is 7.28. The molecule has 2 aromatic rings. The molecule has 0 aliphatic heterocycles. The van der Waals surface area contributed by atoms with E-state index in [-0.39, 0.29) is 11.1 Å². The lowest BCUT2D eigenvalue weighted by Gasteiger charge is -2.07. The van der Waals surface area contributed by atoms with Crippen LogP contribution < -0.4 is 5.32 Å². The molecule has 2 rings (SSSR count). The summed E-state index contributed by atoms with van der Waals surface area (Å²) in [5.74, 6) is 0.0194. The second-order valence-corrected chi connectivity index (χ2v) is 4.79. The van der Waals surface area contributed by atoms with E-state index in [2.05, 4.69) is 27.8 Å². The number of aromatic nitrogens is 4. The molecule has 1 amide bonds. The molecule has 6 nitrogen and oxygen atoms in total. The highest BCUT2D eigenvalue weighted by atomic mass is 32.1. The van der Waals surface area contributed by atoms with E-state index in [9.17, 15) is 4.79 Å². The van der Waals surface area contributed by atoms with Crippen LogP contribution in [0.2, 0.25) is 0 Å². The lowest BCUT2D eigenvalue weighted by atomic mass is 10.2. The SMILES string of the molecule is CCCCCC(=O)Nc1cccc(-n2nnnc2[S])c1. The number of hydrogen-bond donors (Lipinski definition) is 1.